The predicted octanol–water partition coefficient (Wildman–Crippen LogP) is -0.406. The Morgan fingerprint density at radius 1 is 1.29 bits per heavy atom. The summed E-state index contributed by atoms with van der Waals surface area (Å²) in [5.74, 6) is -1.01. The molecule has 0 aromatic heterocycles. The van der Waals surface area contributed by atoms with Crippen LogP contribution in [0.3, 0.4) is 0 Å². The average Bonchev–Trinajstić information content (AvgIpc) is 2.52. The highest BCUT2D eigenvalue weighted by Gasteiger charge is 2.26. The van der Waals surface area contributed by atoms with Crippen LogP contribution in [0.1, 0.15) is 18.4 Å². The topological polar surface area (TPSA) is 128 Å². The second-order valence-electron chi connectivity index (χ2n) is 5.67. The molecule has 1 aromatic rings. The normalized spacial score (nSPS) is 13.5. The summed E-state index contributed by atoms with van der Waals surface area (Å²) in [6.07, 6.45) is 1.34. The number of rotatable bonds is 10. The maximum atomic E-state index is 12.4. The van der Waals surface area contributed by atoms with Crippen LogP contribution < -0.4 is 16.4 Å². The van der Waals surface area contributed by atoms with E-state index in [2.05, 4.69) is 10.6 Å². The molecule has 0 saturated heterocycles. The Bertz CT molecular complexity index is 533. The number of amides is 2. The van der Waals surface area contributed by atoms with Gasteiger partial charge in [-0.05, 0) is 44.1 Å². The van der Waals surface area contributed by atoms with Crippen molar-refractivity contribution in [3.05, 3.63) is 29.8 Å². The number of benzene rings is 1. The van der Waals surface area contributed by atoms with Gasteiger partial charge in [0.1, 0.15) is 17.8 Å². The number of carbonyl (C=O) groups is 2. The zero-order valence-corrected chi connectivity index (χ0v) is 14.0. The molecule has 0 bridgehead atoms. The van der Waals surface area contributed by atoms with Crippen molar-refractivity contribution in [3.8, 4) is 5.75 Å². The van der Waals surface area contributed by atoms with Crippen molar-refractivity contribution in [3.63, 3.8) is 0 Å². The number of nitrogens with two attached hydrogens (primary N) is 1. The number of primary amides is 1. The van der Waals surface area contributed by atoms with E-state index in [1.54, 1.807) is 19.2 Å². The monoisotopic (exact) mass is 338 g/mol. The molecule has 0 heterocycles. The summed E-state index contributed by atoms with van der Waals surface area (Å²) in [7, 11) is 3.20. The summed E-state index contributed by atoms with van der Waals surface area (Å²) in [6, 6.07) is 4.64. The molecule has 8 nitrogen and oxygen atoms in total. The van der Waals surface area contributed by atoms with Crippen LogP contribution in [0.25, 0.3) is 0 Å². The van der Waals surface area contributed by atoms with Crippen molar-refractivity contribution in [1.82, 2.24) is 15.7 Å². The number of nitrogens with one attached hydrogen (secondary N) is 2. The Morgan fingerprint density at radius 2 is 1.92 bits per heavy atom. The van der Waals surface area contributed by atoms with E-state index in [4.69, 9.17) is 5.73 Å². The Hall–Kier alpha value is -2.16. The first kappa shape index (κ1) is 19.9. The third-order valence-electron chi connectivity index (χ3n) is 3.69. The Labute approximate surface area is 141 Å². The lowest BCUT2D eigenvalue weighted by Crippen LogP contribution is -2.52. The van der Waals surface area contributed by atoms with Gasteiger partial charge in [0.25, 0.3) is 0 Å². The van der Waals surface area contributed by atoms with E-state index in [9.17, 15) is 19.9 Å². The fraction of sp³-hybridized carbons (Fsp3) is 0.500. The molecule has 0 aliphatic heterocycles. The molecule has 8 heteroatoms. The fourth-order valence-corrected chi connectivity index (χ4v) is 2.32. The Balaban J connectivity index is 2.72. The van der Waals surface area contributed by atoms with E-state index in [1.165, 1.54) is 19.2 Å². The number of likely N-dealkylation sites (N-methyl/N-ethyl adjacent to an activating group) is 1. The highest BCUT2D eigenvalue weighted by molar-refractivity contribution is 5.89. The van der Waals surface area contributed by atoms with Crippen LogP contribution >= 0.6 is 0 Å². The SMILES string of the molecule is CNCCC[C@@H](C(=O)N[C@H](Cc1ccc(O)cc1)C(N)=O)N(C)O. The zero-order chi connectivity index (χ0) is 18.1. The number of phenolic OH excluding ortho intramolecular Hbond substituents is 1. The largest absolute Gasteiger partial charge is 0.508 e. The van der Waals surface area contributed by atoms with Crippen LogP contribution in [0.4, 0.5) is 0 Å². The van der Waals surface area contributed by atoms with Crippen LogP contribution in [-0.2, 0) is 16.0 Å². The highest BCUT2D eigenvalue weighted by Crippen LogP contribution is 2.12. The quantitative estimate of drug-likeness (QED) is 0.292. The van der Waals surface area contributed by atoms with Crippen molar-refractivity contribution in [2.24, 2.45) is 5.73 Å². The first-order valence-corrected chi connectivity index (χ1v) is 7.79. The first-order chi connectivity index (χ1) is 11.3. The van der Waals surface area contributed by atoms with E-state index in [-0.39, 0.29) is 12.2 Å². The molecule has 1 aromatic carbocycles. The molecule has 0 saturated carbocycles. The standard InChI is InChI=1S/C16H26N4O4/c1-18-9-3-4-14(20(2)24)16(23)19-13(15(17)22)10-11-5-7-12(21)8-6-11/h5-8,13-14,18,21,24H,3-4,9-10H2,1-2H3,(H2,17,22)(H,19,23)/t13-,14+/m1/s1. The third-order valence-corrected chi connectivity index (χ3v) is 3.69. The molecule has 2 amide bonds. The summed E-state index contributed by atoms with van der Waals surface area (Å²) < 4.78 is 0. The summed E-state index contributed by atoms with van der Waals surface area (Å²) in [5.41, 5.74) is 6.12. The number of aromatic hydroxyl groups is 1. The molecule has 2 atom stereocenters. The van der Waals surface area contributed by atoms with Gasteiger partial charge >= 0.3 is 0 Å². The van der Waals surface area contributed by atoms with Crippen molar-refractivity contribution in [2.45, 2.75) is 31.3 Å². The van der Waals surface area contributed by atoms with E-state index in [0.29, 0.717) is 19.4 Å². The minimum atomic E-state index is -0.895. The molecule has 0 fully saturated rings. The smallest absolute Gasteiger partial charge is 0.240 e. The third kappa shape index (κ3) is 6.53. The summed E-state index contributed by atoms with van der Waals surface area (Å²) in [5, 5.41) is 25.3. The highest BCUT2D eigenvalue weighted by atomic mass is 16.5. The molecular weight excluding hydrogens is 312 g/mol. The first-order valence-electron chi connectivity index (χ1n) is 7.79. The molecule has 1 rings (SSSR count). The molecule has 6 N–H and O–H groups in total. The van der Waals surface area contributed by atoms with E-state index >= 15 is 0 Å². The van der Waals surface area contributed by atoms with Gasteiger partial charge in [0.2, 0.25) is 11.8 Å². The molecule has 0 aliphatic rings. The van der Waals surface area contributed by atoms with Crippen molar-refractivity contribution >= 4 is 11.8 Å². The maximum Gasteiger partial charge on any atom is 0.240 e. The number of hydrogen-bond acceptors (Lipinski definition) is 6. The van der Waals surface area contributed by atoms with Gasteiger partial charge in [-0.3, -0.25) is 9.59 Å². The van der Waals surface area contributed by atoms with Gasteiger partial charge in [-0.2, -0.15) is 5.06 Å². The predicted molar refractivity (Wildman–Crippen MR) is 89.4 cm³/mol. The number of carbonyl (C=O) groups excluding carboxylic acids is 2. The summed E-state index contributed by atoms with van der Waals surface area (Å²) in [4.78, 5) is 24.0. The zero-order valence-electron chi connectivity index (χ0n) is 14.0. The molecular formula is C16H26N4O4. The fourth-order valence-electron chi connectivity index (χ4n) is 2.32. The van der Waals surface area contributed by atoms with Gasteiger partial charge in [-0.1, -0.05) is 12.1 Å². The lowest BCUT2D eigenvalue weighted by Gasteiger charge is -2.24. The second kappa shape index (κ2) is 9.86. The molecule has 0 radical (unpaired) electrons. The van der Waals surface area contributed by atoms with Gasteiger partial charge in [-0.25, -0.2) is 0 Å². The second-order valence-corrected chi connectivity index (χ2v) is 5.67. The van der Waals surface area contributed by atoms with E-state index < -0.39 is 23.9 Å². The number of hydrogen-bond donors (Lipinski definition) is 5. The van der Waals surface area contributed by atoms with E-state index in [1.807, 2.05) is 0 Å². The number of phenols is 1. The average molecular weight is 338 g/mol. The minimum Gasteiger partial charge on any atom is -0.508 e. The van der Waals surface area contributed by atoms with Crippen LogP contribution in [0.5, 0.6) is 5.75 Å². The minimum absolute atomic E-state index is 0.116. The van der Waals surface area contributed by atoms with E-state index in [0.717, 1.165) is 10.6 Å². The Kier molecular flexibility index (Phi) is 8.17. The molecule has 0 aliphatic carbocycles. The van der Waals surface area contributed by atoms with Gasteiger partial charge < -0.3 is 26.7 Å². The number of hydroxylamine groups is 2. The molecule has 0 unspecified atom stereocenters. The van der Waals surface area contributed by atoms with Crippen LogP contribution in [0, 0.1) is 0 Å². The maximum absolute atomic E-state index is 12.4. The van der Waals surface area contributed by atoms with Crippen molar-refractivity contribution in [1.29, 1.82) is 0 Å². The van der Waals surface area contributed by atoms with Gasteiger partial charge in [0, 0.05) is 13.5 Å². The lowest BCUT2D eigenvalue weighted by atomic mass is 10.0. The van der Waals surface area contributed by atoms with Gasteiger partial charge in [0.15, 0.2) is 0 Å². The van der Waals surface area contributed by atoms with Crippen molar-refractivity contribution < 1.29 is 19.9 Å². The summed E-state index contributed by atoms with van der Waals surface area (Å²) >= 11 is 0. The van der Waals surface area contributed by atoms with Crippen LogP contribution in [0.15, 0.2) is 24.3 Å². The van der Waals surface area contributed by atoms with Gasteiger partial charge in [0.05, 0.1) is 0 Å². The number of nitrogens with zero attached hydrogens (tertiary/aromatic N) is 1. The van der Waals surface area contributed by atoms with Crippen LogP contribution in [0.2, 0.25) is 0 Å². The van der Waals surface area contributed by atoms with Crippen molar-refractivity contribution in [2.75, 3.05) is 20.6 Å². The molecule has 134 valence electrons. The molecule has 24 heavy (non-hydrogen) atoms. The summed E-state index contributed by atoms with van der Waals surface area (Å²) in [6.45, 7) is 0.713. The molecule has 0 spiro atoms. The Morgan fingerprint density at radius 3 is 2.42 bits per heavy atom. The van der Waals surface area contributed by atoms with Gasteiger partial charge in [-0.15, -0.1) is 0 Å². The van der Waals surface area contributed by atoms with Crippen LogP contribution in [-0.4, -0.2) is 59.9 Å². The lowest BCUT2D eigenvalue weighted by molar-refractivity contribution is -0.149.